The van der Waals surface area contributed by atoms with Crippen molar-refractivity contribution in [3.8, 4) is 0 Å². The monoisotopic (exact) mass is 167 g/mol. The SMILES string of the molecule is C=NC1COC2CCCCC2C1. The first-order valence-electron chi connectivity index (χ1n) is 4.97. The summed E-state index contributed by atoms with van der Waals surface area (Å²) in [6.07, 6.45) is 7.12. The predicted molar refractivity (Wildman–Crippen MR) is 49.7 cm³/mol. The lowest BCUT2D eigenvalue weighted by Gasteiger charge is -2.37. The van der Waals surface area contributed by atoms with Gasteiger partial charge in [-0.15, -0.1) is 0 Å². The Bertz CT molecular complexity index is 169. The van der Waals surface area contributed by atoms with Gasteiger partial charge in [0.15, 0.2) is 0 Å². The molecule has 0 N–H and O–H groups in total. The van der Waals surface area contributed by atoms with Crippen molar-refractivity contribution >= 4 is 6.72 Å². The molecule has 1 heterocycles. The zero-order valence-corrected chi connectivity index (χ0v) is 7.54. The molecule has 0 spiro atoms. The van der Waals surface area contributed by atoms with Gasteiger partial charge in [-0.2, -0.15) is 0 Å². The maximum atomic E-state index is 5.75. The van der Waals surface area contributed by atoms with E-state index in [2.05, 4.69) is 11.7 Å². The fraction of sp³-hybridized carbons (Fsp3) is 0.900. The molecule has 0 radical (unpaired) electrons. The molecule has 0 aromatic rings. The Labute approximate surface area is 74.0 Å². The number of fused-ring (bicyclic) bond motifs is 1. The molecule has 12 heavy (non-hydrogen) atoms. The van der Waals surface area contributed by atoms with Crippen LogP contribution in [0.1, 0.15) is 32.1 Å². The van der Waals surface area contributed by atoms with Gasteiger partial charge in [0.25, 0.3) is 0 Å². The number of aliphatic imine (C=N–C) groups is 1. The van der Waals surface area contributed by atoms with E-state index in [9.17, 15) is 0 Å². The Morgan fingerprint density at radius 1 is 1.25 bits per heavy atom. The quantitative estimate of drug-likeness (QED) is 0.548. The van der Waals surface area contributed by atoms with Crippen LogP contribution in [-0.2, 0) is 4.74 Å². The number of rotatable bonds is 1. The standard InChI is InChI=1S/C10H17NO/c1-11-9-6-8-4-2-3-5-10(8)12-7-9/h8-10H,1-7H2. The smallest absolute Gasteiger partial charge is 0.0729 e. The van der Waals surface area contributed by atoms with Crippen LogP contribution in [0.15, 0.2) is 4.99 Å². The third kappa shape index (κ3) is 1.53. The van der Waals surface area contributed by atoms with Crippen LogP contribution in [0.5, 0.6) is 0 Å². The van der Waals surface area contributed by atoms with Crippen molar-refractivity contribution in [2.24, 2.45) is 10.9 Å². The molecule has 1 aliphatic carbocycles. The number of ether oxygens (including phenoxy) is 1. The first-order valence-corrected chi connectivity index (χ1v) is 4.97. The second-order valence-corrected chi connectivity index (χ2v) is 3.99. The Kier molecular flexibility index (Phi) is 2.45. The first kappa shape index (κ1) is 8.24. The molecular formula is C10H17NO. The molecule has 2 rings (SSSR count). The van der Waals surface area contributed by atoms with E-state index in [1.54, 1.807) is 0 Å². The van der Waals surface area contributed by atoms with E-state index in [1.165, 1.54) is 32.1 Å². The van der Waals surface area contributed by atoms with Gasteiger partial charge in [-0.25, -0.2) is 0 Å². The van der Waals surface area contributed by atoms with Crippen LogP contribution in [0.3, 0.4) is 0 Å². The summed E-state index contributed by atoms with van der Waals surface area (Å²) in [7, 11) is 0. The molecule has 2 nitrogen and oxygen atoms in total. The van der Waals surface area contributed by atoms with E-state index in [0.29, 0.717) is 12.1 Å². The van der Waals surface area contributed by atoms with Crippen LogP contribution in [0.4, 0.5) is 0 Å². The van der Waals surface area contributed by atoms with Gasteiger partial charge in [-0.1, -0.05) is 12.8 Å². The second-order valence-electron chi connectivity index (χ2n) is 3.99. The van der Waals surface area contributed by atoms with Crippen molar-refractivity contribution in [2.75, 3.05) is 6.61 Å². The predicted octanol–water partition coefficient (Wildman–Crippen LogP) is 2.03. The molecule has 2 aliphatic rings. The molecule has 2 fully saturated rings. The molecule has 1 aliphatic heterocycles. The minimum atomic E-state index is 0.379. The van der Waals surface area contributed by atoms with Gasteiger partial charge >= 0.3 is 0 Å². The first-order chi connectivity index (χ1) is 5.90. The normalized spacial score (nSPS) is 41.8. The maximum absolute atomic E-state index is 5.75. The fourth-order valence-corrected chi connectivity index (χ4v) is 2.44. The summed E-state index contributed by atoms with van der Waals surface area (Å²) in [5.74, 6) is 0.781. The molecule has 1 saturated heterocycles. The van der Waals surface area contributed by atoms with Crippen molar-refractivity contribution in [2.45, 2.75) is 44.2 Å². The van der Waals surface area contributed by atoms with Crippen molar-refractivity contribution in [1.82, 2.24) is 0 Å². The number of nitrogens with zero attached hydrogens (tertiary/aromatic N) is 1. The Balaban J connectivity index is 1.93. The highest BCUT2D eigenvalue weighted by Gasteiger charge is 2.32. The van der Waals surface area contributed by atoms with Crippen molar-refractivity contribution in [3.05, 3.63) is 0 Å². The van der Waals surface area contributed by atoms with Gasteiger partial charge in [-0.3, -0.25) is 4.99 Å². The van der Waals surface area contributed by atoms with Gasteiger partial charge in [0, 0.05) is 0 Å². The third-order valence-corrected chi connectivity index (χ3v) is 3.18. The fourth-order valence-electron chi connectivity index (χ4n) is 2.44. The maximum Gasteiger partial charge on any atom is 0.0729 e. The minimum Gasteiger partial charge on any atom is -0.376 e. The van der Waals surface area contributed by atoms with Crippen LogP contribution in [0, 0.1) is 5.92 Å². The third-order valence-electron chi connectivity index (χ3n) is 3.18. The average Bonchev–Trinajstić information content (AvgIpc) is 2.17. The highest BCUT2D eigenvalue weighted by molar-refractivity contribution is 5.24. The van der Waals surface area contributed by atoms with E-state index < -0.39 is 0 Å². The largest absolute Gasteiger partial charge is 0.376 e. The van der Waals surface area contributed by atoms with Gasteiger partial charge in [0.2, 0.25) is 0 Å². The summed E-state index contributed by atoms with van der Waals surface area (Å²) in [6.45, 7) is 4.40. The van der Waals surface area contributed by atoms with Crippen LogP contribution >= 0.6 is 0 Å². The second kappa shape index (κ2) is 3.56. The van der Waals surface area contributed by atoms with E-state index in [1.807, 2.05) is 0 Å². The zero-order valence-electron chi connectivity index (χ0n) is 7.54. The van der Waals surface area contributed by atoms with Crippen molar-refractivity contribution < 1.29 is 4.74 Å². The van der Waals surface area contributed by atoms with E-state index in [-0.39, 0.29) is 0 Å². The minimum absolute atomic E-state index is 0.379. The Hall–Kier alpha value is -0.370. The van der Waals surface area contributed by atoms with Gasteiger partial charge in [-0.05, 0) is 31.9 Å². The number of hydrogen-bond acceptors (Lipinski definition) is 2. The van der Waals surface area contributed by atoms with E-state index in [4.69, 9.17) is 4.74 Å². The lowest BCUT2D eigenvalue weighted by atomic mass is 9.81. The van der Waals surface area contributed by atoms with E-state index in [0.717, 1.165) is 12.5 Å². The van der Waals surface area contributed by atoms with Crippen LogP contribution < -0.4 is 0 Å². The summed E-state index contributed by atoms with van der Waals surface area (Å²) in [6, 6.07) is 0.379. The molecule has 0 aromatic carbocycles. The molecule has 0 aromatic heterocycles. The summed E-state index contributed by atoms with van der Waals surface area (Å²) in [5.41, 5.74) is 0. The summed E-state index contributed by atoms with van der Waals surface area (Å²) in [4.78, 5) is 4.06. The van der Waals surface area contributed by atoms with Gasteiger partial charge < -0.3 is 4.74 Å². The van der Waals surface area contributed by atoms with Crippen molar-refractivity contribution in [3.63, 3.8) is 0 Å². The lowest BCUT2D eigenvalue weighted by Crippen LogP contribution is -2.38. The highest BCUT2D eigenvalue weighted by atomic mass is 16.5. The molecule has 2 heteroatoms. The van der Waals surface area contributed by atoms with Crippen LogP contribution in [0.25, 0.3) is 0 Å². The Morgan fingerprint density at radius 2 is 2.08 bits per heavy atom. The van der Waals surface area contributed by atoms with Gasteiger partial charge in [0.1, 0.15) is 0 Å². The summed E-state index contributed by atoms with van der Waals surface area (Å²) in [5, 5.41) is 0. The lowest BCUT2D eigenvalue weighted by molar-refractivity contribution is -0.0551. The molecule has 3 atom stereocenters. The van der Waals surface area contributed by atoms with Gasteiger partial charge in [0.05, 0.1) is 18.8 Å². The molecule has 1 saturated carbocycles. The average molecular weight is 167 g/mol. The van der Waals surface area contributed by atoms with Crippen LogP contribution in [0.2, 0.25) is 0 Å². The topological polar surface area (TPSA) is 21.6 Å². The highest BCUT2D eigenvalue weighted by Crippen LogP contribution is 2.34. The molecule has 0 amide bonds. The zero-order chi connectivity index (χ0) is 8.39. The van der Waals surface area contributed by atoms with E-state index >= 15 is 0 Å². The molecule has 3 unspecified atom stereocenters. The number of hydrogen-bond donors (Lipinski definition) is 0. The van der Waals surface area contributed by atoms with Crippen LogP contribution in [-0.4, -0.2) is 25.5 Å². The molecular weight excluding hydrogens is 150 g/mol. The Morgan fingerprint density at radius 3 is 2.92 bits per heavy atom. The molecule has 68 valence electrons. The summed E-state index contributed by atoms with van der Waals surface area (Å²) >= 11 is 0. The molecule has 0 bridgehead atoms. The summed E-state index contributed by atoms with van der Waals surface area (Å²) < 4.78 is 5.75. The van der Waals surface area contributed by atoms with Crippen molar-refractivity contribution in [1.29, 1.82) is 0 Å².